The van der Waals surface area contributed by atoms with E-state index in [2.05, 4.69) is 10.6 Å². The molecule has 1 aliphatic rings. The van der Waals surface area contributed by atoms with Crippen LogP contribution in [0.5, 0.6) is 0 Å². The summed E-state index contributed by atoms with van der Waals surface area (Å²) in [5, 5.41) is 5.41. The van der Waals surface area contributed by atoms with Crippen molar-refractivity contribution in [1.82, 2.24) is 10.6 Å². The molecule has 0 spiro atoms. The van der Waals surface area contributed by atoms with Crippen molar-refractivity contribution in [3.8, 4) is 0 Å². The minimum Gasteiger partial charge on any atom is -0.317 e. The van der Waals surface area contributed by atoms with Crippen LogP contribution in [0.3, 0.4) is 0 Å². The fourth-order valence-electron chi connectivity index (χ4n) is 1.84. The van der Waals surface area contributed by atoms with Gasteiger partial charge in [-0.1, -0.05) is 0 Å². The van der Waals surface area contributed by atoms with Gasteiger partial charge >= 0.3 is 6.18 Å². The first-order valence-corrected chi connectivity index (χ1v) is 4.50. The Balaban J connectivity index is 2.54. The van der Waals surface area contributed by atoms with Crippen molar-refractivity contribution in [2.75, 3.05) is 20.1 Å². The Morgan fingerprint density at radius 3 is 2.23 bits per heavy atom. The highest BCUT2D eigenvalue weighted by Gasteiger charge is 2.43. The highest BCUT2D eigenvalue weighted by atomic mass is 19.4. The van der Waals surface area contributed by atoms with Gasteiger partial charge in [-0.3, -0.25) is 0 Å². The predicted octanol–water partition coefficient (Wildman–Crippen LogP) is 1.14. The van der Waals surface area contributed by atoms with Gasteiger partial charge in [0.1, 0.15) is 6.04 Å². The van der Waals surface area contributed by atoms with E-state index in [4.69, 9.17) is 0 Å². The van der Waals surface area contributed by atoms with E-state index in [0.717, 1.165) is 0 Å². The van der Waals surface area contributed by atoms with Crippen LogP contribution in [0.25, 0.3) is 0 Å². The van der Waals surface area contributed by atoms with Crippen LogP contribution >= 0.6 is 0 Å². The first kappa shape index (κ1) is 10.8. The molecule has 1 fully saturated rings. The van der Waals surface area contributed by atoms with Gasteiger partial charge in [-0.2, -0.15) is 13.2 Å². The Kier molecular flexibility index (Phi) is 3.55. The second-order valence-corrected chi connectivity index (χ2v) is 3.40. The van der Waals surface area contributed by atoms with Crippen molar-refractivity contribution in [3.05, 3.63) is 0 Å². The zero-order chi connectivity index (χ0) is 9.90. The van der Waals surface area contributed by atoms with Crippen molar-refractivity contribution in [2.45, 2.75) is 25.1 Å². The van der Waals surface area contributed by atoms with Gasteiger partial charge in [-0.05, 0) is 38.9 Å². The van der Waals surface area contributed by atoms with Gasteiger partial charge in [0, 0.05) is 0 Å². The topological polar surface area (TPSA) is 24.1 Å². The first-order chi connectivity index (χ1) is 6.05. The molecular weight excluding hydrogens is 181 g/mol. The summed E-state index contributed by atoms with van der Waals surface area (Å²) in [7, 11) is 1.38. The standard InChI is InChI=1S/C8H15F3N2/c1-12-7(8(9,10)11)6-2-4-13-5-3-6/h6-7,12-13H,2-5H2,1H3. The van der Waals surface area contributed by atoms with Gasteiger partial charge < -0.3 is 10.6 Å². The number of rotatable bonds is 2. The van der Waals surface area contributed by atoms with Crippen molar-refractivity contribution >= 4 is 0 Å². The quantitative estimate of drug-likeness (QED) is 0.692. The fraction of sp³-hybridized carbons (Fsp3) is 1.00. The molecule has 13 heavy (non-hydrogen) atoms. The van der Waals surface area contributed by atoms with Gasteiger partial charge in [-0.15, -0.1) is 0 Å². The second kappa shape index (κ2) is 4.28. The van der Waals surface area contributed by atoms with Gasteiger partial charge in [0.15, 0.2) is 0 Å². The van der Waals surface area contributed by atoms with Gasteiger partial charge in [0.25, 0.3) is 0 Å². The predicted molar refractivity (Wildman–Crippen MR) is 44.5 cm³/mol. The molecule has 0 aromatic carbocycles. The average molecular weight is 196 g/mol. The van der Waals surface area contributed by atoms with E-state index in [1.807, 2.05) is 0 Å². The number of halogens is 3. The summed E-state index contributed by atoms with van der Waals surface area (Å²) in [5.41, 5.74) is 0. The number of alkyl halides is 3. The fourth-order valence-corrected chi connectivity index (χ4v) is 1.84. The highest BCUT2D eigenvalue weighted by Crippen LogP contribution is 2.29. The highest BCUT2D eigenvalue weighted by molar-refractivity contribution is 4.84. The lowest BCUT2D eigenvalue weighted by Gasteiger charge is -2.31. The molecule has 1 atom stereocenters. The van der Waals surface area contributed by atoms with Crippen LogP contribution < -0.4 is 10.6 Å². The van der Waals surface area contributed by atoms with Crippen LogP contribution in [0, 0.1) is 5.92 Å². The molecule has 0 bridgehead atoms. The van der Waals surface area contributed by atoms with Gasteiger partial charge in [0.05, 0.1) is 0 Å². The molecule has 1 rings (SSSR count). The molecule has 0 saturated carbocycles. The third kappa shape index (κ3) is 2.84. The molecule has 0 aliphatic carbocycles. The van der Waals surface area contributed by atoms with E-state index in [9.17, 15) is 13.2 Å². The lowest BCUT2D eigenvalue weighted by molar-refractivity contribution is -0.168. The maximum Gasteiger partial charge on any atom is 0.404 e. The molecule has 5 heteroatoms. The summed E-state index contributed by atoms with van der Waals surface area (Å²) >= 11 is 0. The largest absolute Gasteiger partial charge is 0.404 e. The van der Waals surface area contributed by atoms with Crippen LogP contribution in [0.4, 0.5) is 13.2 Å². The summed E-state index contributed by atoms with van der Waals surface area (Å²) in [6.45, 7) is 1.39. The third-order valence-electron chi connectivity index (χ3n) is 2.52. The number of nitrogens with one attached hydrogen (secondary N) is 2. The lowest BCUT2D eigenvalue weighted by atomic mass is 9.90. The zero-order valence-electron chi connectivity index (χ0n) is 7.62. The monoisotopic (exact) mass is 196 g/mol. The van der Waals surface area contributed by atoms with E-state index < -0.39 is 12.2 Å². The van der Waals surface area contributed by atoms with Crippen LogP contribution in [-0.2, 0) is 0 Å². The molecule has 1 saturated heterocycles. The van der Waals surface area contributed by atoms with E-state index >= 15 is 0 Å². The van der Waals surface area contributed by atoms with E-state index in [0.29, 0.717) is 25.9 Å². The third-order valence-corrected chi connectivity index (χ3v) is 2.52. The maximum atomic E-state index is 12.4. The zero-order valence-corrected chi connectivity index (χ0v) is 7.62. The molecule has 78 valence electrons. The Labute approximate surface area is 75.9 Å². The van der Waals surface area contributed by atoms with Crippen LogP contribution in [-0.4, -0.2) is 32.4 Å². The molecular formula is C8H15F3N2. The summed E-state index contributed by atoms with van der Waals surface area (Å²) in [4.78, 5) is 0. The molecule has 0 radical (unpaired) electrons. The van der Waals surface area contributed by atoms with Crippen LogP contribution in [0.1, 0.15) is 12.8 Å². The minimum atomic E-state index is -4.11. The first-order valence-electron chi connectivity index (χ1n) is 4.50. The molecule has 1 heterocycles. The molecule has 2 N–H and O–H groups in total. The van der Waals surface area contributed by atoms with E-state index in [-0.39, 0.29) is 5.92 Å². The number of hydrogen-bond acceptors (Lipinski definition) is 2. The Morgan fingerprint density at radius 2 is 1.85 bits per heavy atom. The van der Waals surface area contributed by atoms with Crippen LogP contribution in [0.15, 0.2) is 0 Å². The van der Waals surface area contributed by atoms with Crippen molar-refractivity contribution in [1.29, 1.82) is 0 Å². The van der Waals surface area contributed by atoms with E-state index in [1.165, 1.54) is 7.05 Å². The maximum absolute atomic E-state index is 12.4. The van der Waals surface area contributed by atoms with Crippen molar-refractivity contribution in [2.24, 2.45) is 5.92 Å². The number of hydrogen-bond donors (Lipinski definition) is 2. The molecule has 1 unspecified atom stereocenters. The lowest BCUT2D eigenvalue weighted by Crippen LogP contribution is -2.49. The second-order valence-electron chi connectivity index (χ2n) is 3.40. The van der Waals surface area contributed by atoms with Gasteiger partial charge in [0.2, 0.25) is 0 Å². The van der Waals surface area contributed by atoms with Gasteiger partial charge in [-0.25, -0.2) is 0 Å². The molecule has 2 nitrogen and oxygen atoms in total. The van der Waals surface area contributed by atoms with Crippen LogP contribution in [0.2, 0.25) is 0 Å². The molecule has 0 aromatic heterocycles. The smallest absolute Gasteiger partial charge is 0.317 e. The van der Waals surface area contributed by atoms with Crippen molar-refractivity contribution in [3.63, 3.8) is 0 Å². The Hall–Kier alpha value is -0.290. The SMILES string of the molecule is CNC(C1CCNCC1)C(F)(F)F. The summed E-state index contributed by atoms with van der Waals surface area (Å²) in [6.07, 6.45) is -2.91. The summed E-state index contributed by atoms with van der Waals surface area (Å²) in [6, 6.07) is -1.34. The molecule has 0 aromatic rings. The Morgan fingerprint density at radius 1 is 1.31 bits per heavy atom. The summed E-state index contributed by atoms with van der Waals surface area (Å²) < 4.78 is 37.3. The minimum absolute atomic E-state index is 0.272. The molecule has 0 amide bonds. The molecule has 1 aliphatic heterocycles. The van der Waals surface area contributed by atoms with Crippen molar-refractivity contribution < 1.29 is 13.2 Å². The normalized spacial score (nSPS) is 23.1. The average Bonchev–Trinajstić information content (AvgIpc) is 2.05. The summed E-state index contributed by atoms with van der Waals surface area (Å²) in [5.74, 6) is -0.272. The van der Waals surface area contributed by atoms with E-state index in [1.54, 1.807) is 0 Å². The number of piperidine rings is 1. The Bertz CT molecular complexity index is 152.